The van der Waals surface area contributed by atoms with Gasteiger partial charge in [-0.05, 0) is 34.7 Å². The Morgan fingerprint density at radius 3 is 2.82 bits per heavy atom. The third kappa shape index (κ3) is 3.26. The molecule has 1 aromatic carbocycles. The number of rotatable bonds is 3. The molecule has 5 heteroatoms. The largest absolute Gasteiger partial charge is 0.348 e. The molecule has 1 aromatic heterocycles. The molecule has 0 spiro atoms. The zero-order chi connectivity index (χ0) is 12.3. The molecule has 1 N–H and O–H groups in total. The van der Waals surface area contributed by atoms with E-state index in [-0.39, 0.29) is 18.3 Å². The maximum absolute atomic E-state index is 13.3. The Labute approximate surface area is 116 Å². The highest BCUT2D eigenvalue weighted by atomic mass is 127. The van der Waals surface area contributed by atoms with Crippen LogP contribution in [0.4, 0.5) is 4.39 Å². The van der Waals surface area contributed by atoms with Crippen molar-refractivity contribution in [2.45, 2.75) is 6.54 Å². The van der Waals surface area contributed by atoms with Crippen LogP contribution in [0.2, 0.25) is 0 Å². The molecule has 1 amide bonds. The van der Waals surface area contributed by atoms with Crippen molar-refractivity contribution in [1.82, 2.24) is 5.32 Å². The fourth-order valence-electron chi connectivity index (χ4n) is 1.35. The molecule has 0 saturated heterocycles. The number of hydrogen-bond acceptors (Lipinski definition) is 2. The molecule has 0 atom stereocenters. The molecule has 0 fully saturated rings. The van der Waals surface area contributed by atoms with Crippen molar-refractivity contribution in [3.63, 3.8) is 0 Å². The molecule has 0 radical (unpaired) electrons. The zero-order valence-corrected chi connectivity index (χ0v) is 11.7. The second kappa shape index (κ2) is 5.59. The van der Waals surface area contributed by atoms with Gasteiger partial charge in [-0.15, -0.1) is 11.3 Å². The van der Waals surface area contributed by atoms with Gasteiger partial charge in [0.1, 0.15) is 5.82 Å². The summed E-state index contributed by atoms with van der Waals surface area (Å²) in [7, 11) is 0. The quantitative estimate of drug-likeness (QED) is 0.834. The van der Waals surface area contributed by atoms with Gasteiger partial charge in [0.25, 0.3) is 5.91 Å². The summed E-state index contributed by atoms with van der Waals surface area (Å²) in [4.78, 5) is 11.7. The zero-order valence-electron chi connectivity index (χ0n) is 8.74. The van der Waals surface area contributed by atoms with Crippen molar-refractivity contribution < 1.29 is 9.18 Å². The lowest BCUT2D eigenvalue weighted by atomic mass is 10.2. The minimum atomic E-state index is -0.298. The van der Waals surface area contributed by atoms with Gasteiger partial charge in [-0.25, -0.2) is 4.39 Å². The van der Waals surface area contributed by atoms with Crippen molar-refractivity contribution >= 4 is 39.8 Å². The number of carbonyl (C=O) groups excluding carboxylic acids is 1. The highest BCUT2D eigenvalue weighted by molar-refractivity contribution is 14.1. The molecule has 88 valence electrons. The minimum Gasteiger partial charge on any atom is -0.348 e. The second-order valence-electron chi connectivity index (χ2n) is 3.41. The third-order valence-electron chi connectivity index (χ3n) is 2.23. The van der Waals surface area contributed by atoms with Crippen LogP contribution in [0.5, 0.6) is 0 Å². The molecule has 0 aliphatic carbocycles. The smallest absolute Gasteiger partial charge is 0.252 e. The summed E-state index contributed by atoms with van der Waals surface area (Å²) < 4.78 is 14.4. The molecular formula is C12H9FINOS. The van der Waals surface area contributed by atoms with Crippen LogP contribution in [0.1, 0.15) is 15.9 Å². The number of nitrogens with one attached hydrogen (secondary N) is 1. The number of hydrogen-bond donors (Lipinski definition) is 1. The van der Waals surface area contributed by atoms with Gasteiger partial charge in [0, 0.05) is 17.5 Å². The number of thiophene rings is 1. The average Bonchev–Trinajstić information content (AvgIpc) is 2.74. The summed E-state index contributed by atoms with van der Waals surface area (Å²) in [5.41, 5.74) is 1.11. The van der Waals surface area contributed by atoms with Crippen LogP contribution in [0, 0.1) is 8.70 Å². The predicted octanol–water partition coefficient (Wildman–Crippen LogP) is 3.42. The van der Waals surface area contributed by atoms with E-state index in [1.165, 1.54) is 17.4 Å². The van der Waals surface area contributed by atoms with Gasteiger partial charge in [0.2, 0.25) is 0 Å². The molecule has 2 rings (SSSR count). The fraction of sp³-hybridized carbons (Fsp3) is 0.0833. The van der Waals surface area contributed by atoms with Gasteiger partial charge in [0.05, 0.1) is 8.45 Å². The van der Waals surface area contributed by atoms with E-state index in [1.54, 1.807) is 23.6 Å². The van der Waals surface area contributed by atoms with Crippen molar-refractivity contribution in [3.8, 4) is 0 Å². The van der Waals surface area contributed by atoms with Gasteiger partial charge in [-0.2, -0.15) is 0 Å². The highest BCUT2D eigenvalue weighted by Gasteiger charge is 2.08. The van der Waals surface area contributed by atoms with E-state index in [0.717, 1.165) is 2.88 Å². The van der Waals surface area contributed by atoms with Crippen LogP contribution >= 0.6 is 33.9 Å². The van der Waals surface area contributed by atoms with Crippen molar-refractivity contribution in [3.05, 3.63) is 55.5 Å². The topological polar surface area (TPSA) is 29.1 Å². The summed E-state index contributed by atoms with van der Waals surface area (Å²) in [6.07, 6.45) is 0. The van der Waals surface area contributed by atoms with Gasteiger partial charge >= 0.3 is 0 Å². The highest BCUT2D eigenvalue weighted by Crippen LogP contribution is 2.16. The summed E-state index contributed by atoms with van der Waals surface area (Å²) in [5, 5.41) is 4.48. The van der Waals surface area contributed by atoms with E-state index in [0.29, 0.717) is 11.1 Å². The average molecular weight is 361 g/mol. The van der Waals surface area contributed by atoms with Crippen molar-refractivity contribution in [2.24, 2.45) is 0 Å². The lowest BCUT2D eigenvalue weighted by Gasteiger charge is -2.04. The lowest BCUT2D eigenvalue weighted by Crippen LogP contribution is -2.22. The molecular weight excluding hydrogens is 352 g/mol. The van der Waals surface area contributed by atoms with E-state index in [1.807, 2.05) is 6.07 Å². The predicted molar refractivity (Wildman–Crippen MR) is 74.6 cm³/mol. The molecule has 0 unspecified atom stereocenters. The maximum atomic E-state index is 13.3. The first-order valence-electron chi connectivity index (χ1n) is 4.92. The first kappa shape index (κ1) is 12.5. The normalized spacial score (nSPS) is 10.2. The SMILES string of the molecule is O=C(NCc1ccccc1F)c1csc(I)c1. The van der Waals surface area contributed by atoms with Crippen LogP contribution in [-0.2, 0) is 6.54 Å². The maximum Gasteiger partial charge on any atom is 0.252 e. The van der Waals surface area contributed by atoms with Gasteiger partial charge in [-0.3, -0.25) is 4.79 Å². The molecule has 2 aromatic rings. The summed E-state index contributed by atoms with van der Waals surface area (Å²) in [6, 6.07) is 8.23. The Bertz CT molecular complexity index is 541. The number of halogens is 2. The van der Waals surface area contributed by atoms with E-state index in [2.05, 4.69) is 27.9 Å². The first-order valence-corrected chi connectivity index (χ1v) is 6.88. The summed E-state index contributed by atoms with van der Waals surface area (Å²) in [5.74, 6) is -0.472. The lowest BCUT2D eigenvalue weighted by molar-refractivity contribution is 0.0951. The standard InChI is InChI=1S/C12H9FINOS/c13-10-4-2-1-3-8(10)6-15-12(16)9-5-11(14)17-7-9/h1-5,7H,6H2,(H,15,16). The Morgan fingerprint density at radius 2 is 2.18 bits per heavy atom. The van der Waals surface area contributed by atoms with Crippen LogP contribution in [0.3, 0.4) is 0 Å². The van der Waals surface area contributed by atoms with Gasteiger partial charge < -0.3 is 5.32 Å². The van der Waals surface area contributed by atoms with E-state index < -0.39 is 0 Å². The van der Waals surface area contributed by atoms with Crippen LogP contribution in [-0.4, -0.2) is 5.91 Å². The summed E-state index contributed by atoms with van der Waals surface area (Å²) >= 11 is 3.67. The Hall–Kier alpha value is -0.950. The summed E-state index contributed by atoms with van der Waals surface area (Å²) in [6.45, 7) is 0.206. The van der Waals surface area contributed by atoms with Gasteiger partial charge in [-0.1, -0.05) is 18.2 Å². The molecule has 0 aliphatic rings. The first-order chi connectivity index (χ1) is 8.16. The Kier molecular flexibility index (Phi) is 4.11. The van der Waals surface area contributed by atoms with Crippen molar-refractivity contribution in [2.75, 3.05) is 0 Å². The minimum absolute atomic E-state index is 0.174. The van der Waals surface area contributed by atoms with E-state index in [4.69, 9.17) is 0 Å². The molecule has 2 nitrogen and oxygen atoms in total. The molecule has 1 heterocycles. The number of amides is 1. The van der Waals surface area contributed by atoms with Gasteiger partial charge in [0.15, 0.2) is 0 Å². The van der Waals surface area contributed by atoms with Crippen LogP contribution < -0.4 is 5.32 Å². The molecule has 0 saturated carbocycles. The molecule has 0 bridgehead atoms. The van der Waals surface area contributed by atoms with Crippen molar-refractivity contribution in [1.29, 1.82) is 0 Å². The number of carbonyl (C=O) groups is 1. The molecule has 0 aliphatic heterocycles. The number of benzene rings is 1. The second-order valence-corrected chi connectivity index (χ2v) is 6.22. The monoisotopic (exact) mass is 361 g/mol. The van der Waals surface area contributed by atoms with Crippen LogP contribution in [0.15, 0.2) is 35.7 Å². The fourth-order valence-corrected chi connectivity index (χ4v) is 2.67. The Morgan fingerprint density at radius 1 is 1.41 bits per heavy atom. The molecule has 17 heavy (non-hydrogen) atoms. The van der Waals surface area contributed by atoms with E-state index in [9.17, 15) is 9.18 Å². The van der Waals surface area contributed by atoms with Crippen LogP contribution in [0.25, 0.3) is 0 Å². The van der Waals surface area contributed by atoms with E-state index >= 15 is 0 Å². The third-order valence-corrected chi connectivity index (χ3v) is 4.02. The Balaban J connectivity index is 1.99.